The molecule has 1 aromatic heterocycles. The number of anilines is 1. The maximum absolute atomic E-state index is 12.3. The molecule has 2 aromatic rings. The molecule has 0 spiro atoms. The van der Waals surface area contributed by atoms with Crippen LogP contribution in [0.5, 0.6) is 0 Å². The Hall–Kier alpha value is -1.37. The molecule has 8 heteroatoms. The average molecular weight is 332 g/mol. The molecule has 1 N–H and O–H groups in total. The van der Waals surface area contributed by atoms with Crippen molar-refractivity contribution < 1.29 is 8.42 Å². The first-order chi connectivity index (χ1) is 9.28. The van der Waals surface area contributed by atoms with Gasteiger partial charge in [0.1, 0.15) is 5.15 Å². The first-order valence-corrected chi connectivity index (χ1v) is 7.82. The van der Waals surface area contributed by atoms with Crippen LogP contribution in [0, 0.1) is 13.8 Å². The Labute approximate surface area is 127 Å². The van der Waals surface area contributed by atoms with E-state index in [9.17, 15) is 8.42 Å². The number of nitrogens with zero attached hydrogens (tertiary/aromatic N) is 2. The fourth-order valence-corrected chi connectivity index (χ4v) is 3.30. The highest BCUT2D eigenvalue weighted by Crippen LogP contribution is 2.21. The number of hydrogen-bond donors (Lipinski definition) is 1. The van der Waals surface area contributed by atoms with Gasteiger partial charge in [-0.25, -0.2) is 23.1 Å². The Morgan fingerprint density at radius 2 is 1.80 bits per heavy atom. The minimum absolute atomic E-state index is 0.0654. The molecular formula is C12H11Cl2N3O2S. The molecular weight excluding hydrogens is 321 g/mol. The van der Waals surface area contributed by atoms with Gasteiger partial charge in [0.2, 0.25) is 5.95 Å². The lowest BCUT2D eigenvalue weighted by molar-refractivity contribution is 0.600. The second-order valence-corrected chi connectivity index (χ2v) is 6.65. The fourth-order valence-electron chi connectivity index (χ4n) is 1.67. The predicted octanol–water partition coefficient (Wildman–Crippen LogP) is 3.20. The van der Waals surface area contributed by atoms with Crippen LogP contribution < -0.4 is 4.72 Å². The third-order valence-corrected chi connectivity index (χ3v) is 4.39. The number of hydrogen-bond acceptors (Lipinski definition) is 4. The molecule has 0 fully saturated rings. The van der Waals surface area contributed by atoms with E-state index in [0.29, 0.717) is 16.3 Å². The molecule has 0 aliphatic heterocycles. The topological polar surface area (TPSA) is 72.0 Å². The van der Waals surface area contributed by atoms with E-state index in [1.807, 2.05) is 0 Å². The van der Waals surface area contributed by atoms with Crippen LogP contribution in [-0.2, 0) is 10.0 Å². The normalized spacial score (nSPS) is 11.4. The highest BCUT2D eigenvalue weighted by molar-refractivity contribution is 7.92. The molecule has 0 amide bonds. The molecule has 0 saturated carbocycles. The zero-order valence-electron chi connectivity index (χ0n) is 10.7. The number of aromatic nitrogens is 2. The lowest BCUT2D eigenvalue weighted by atomic mass is 10.2. The summed E-state index contributed by atoms with van der Waals surface area (Å²) in [6.07, 6.45) is 0. The van der Waals surface area contributed by atoms with Crippen LogP contribution in [0.1, 0.15) is 11.3 Å². The molecule has 20 heavy (non-hydrogen) atoms. The summed E-state index contributed by atoms with van der Waals surface area (Å²) in [5.41, 5.74) is 1.10. The molecule has 106 valence electrons. The minimum Gasteiger partial charge on any atom is -0.247 e. The Morgan fingerprint density at radius 1 is 1.10 bits per heavy atom. The van der Waals surface area contributed by atoms with Crippen LogP contribution >= 0.6 is 23.2 Å². The first-order valence-electron chi connectivity index (χ1n) is 5.58. The van der Waals surface area contributed by atoms with Crippen LogP contribution in [0.3, 0.4) is 0 Å². The van der Waals surface area contributed by atoms with Gasteiger partial charge in [0.25, 0.3) is 10.0 Å². The number of rotatable bonds is 3. The molecule has 0 unspecified atom stereocenters. The molecule has 5 nitrogen and oxygen atoms in total. The summed E-state index contributed by atoms with van der Waals surface area (Å²) in [6, 6.07) is 6.04. The summed E-state index contributed by atoms with van der Waals surface area (Å²) in [5.74, 6) is -0.0654. The van der Waals surface area contributed by atoms with Gasteiger partial charge in [0.05, 0.1) is 4.90 Å². The summed E-state index contributed by atoms with van der Waals surface area (Å²) < 4.78 is 26.9. The van der Waals surface area contributed by atoms with Crippen molar-refractivity contribution in [3.05, 3.63) is 45.7 Å². The third-order valence-electron chi connectivity index (χ3n) is 2.48. The van der Waals surface area contributed by atoms with Gasteiger partial charge in [0.15, 0.2) is 0 Å². The Morgan fingerprint density at radius 3 is 2.40 bits per heavy atom. The van der Waals surface area contributed by atoms with Crippen molar-refractivity contribution in [1.29, 1.82) is 0 Å². The van der Waals surface area contributed by atoms with Gasteiger partial charge in [-0.15, -0.1) is 0 Å². The molecule has 0 saturated heterocycles. The van der Waals surface area contributed by atoms with Crippen molar-refractivity contribution in [3.8, 4) is 0 Å². The maximum atomic E-state index is 12.3. The number of sulfonamides is 1. The van der Waals surface area contributed by atoms with Gasteiger partial charge in [-0.3, -0.25) is 0 Å². The number of benzene rings is 1. The Kier molecular flexibility index (Phi) is 4.17. The second-order valence-electron chi connectivity index (χ2n) is 4.17. The van der Waals surface area contributed by atoms with Gasteiger partial charge in [-0.1, -0.05) is 23.2 Å². The minimum atomic E-state index is -3.79. The van der Waals surface area contributed by atoms with Crippen LogP contribution in [0.2, 0.25) is 10.2 Å². The Balaban J connectivity index is 2.40. The van der Waals surface area contributed by atoms with E-state index < -0.39 is 10.0 Å². The smallest absolute Gasteiger partial charge is 0.247 e. The van der Waals surface area contributed by atoms with E-state index in [0.717, 1.165) is 0 Å². The van der Waals surface area contributed by atoms with Crippen LogP contribution in [0.15, 0.2) is 29.2 Å². The summed E-state index contributed by atoms with van der Waals surface area (Å²) in [5, 5.41) is 0.638. The van der Waals surface area contributed by atoms with E-state index in [1.165, 1.54) is 18.2 Å². The van der Waals surface area contributed by atoms with E-state index in [2.05, 4.69) is 14.7 Å². The summed E-state index contributed by atoms with van der Waals surface area (Å²) in [4.78, 5) is 7.92. The Bertz CT molecular complexity index is 743. The van der Waals surface area contributed by atoms with Crippen molar-refractivity contribution in [1.82, 2.24) is 9.97 Å². The molecule has 0 aliphatic carbocycles. The van der Waals surface area contributed by atoms with Crippen molar-refractivity contribution in [2.24, 2.45) is 0 Å². The van der Waals surface area contributed by atoms with Crippen LogP contribution in [0.25, 0.3) is 0 Å². The maximum Gasteiger partial charge on any atom is 0.264 e. The van der Waals surface area contributed by atoms with Gasteiger partial charge in [-0.05, 0) is 43.7 Å². The average Bonchev–Trinajstić information content (AvgIpc) is 2.25. The van der Waals surface area contributed by atoms with Gasteiger partial charge < -0.3 is 0 Å². The molecule has 0 radical (unpaired) electrons. The molecule has 1 heterocycles. The zero-order chi connectivity index (χ0) is 14.9. The summed E-state index contributed by atoms with van der Waals surface area (Å²) >= 11 is 11.6. The largest absolute Gasteiger partial charge is 0.264 e. The van der Waals surface area contributed by atoms with Gasteiger partial charge in [0, 0.05) is 10.7 Å². The second kappa shape index (κ2) is 5.55. The fraction of sp³-hybridized carbons (Fsp3) is 0.167. The van der Waals surface area contributed by atoms with Crippen LogP contribution in [0.4, 0.5) is 5.95 Å². The van der Waals surface area contributed by atoms with Crippen LogP contribution in [-0.4, -0.2) is 18.4 Å². The lowest BCUT2D eigenvalue weighted by Crippen LogP contribution is -2.16. The third kappa shape index (κ3) is 3.39. The molecule has 0 atom stereocenters. The van der Waals surface area contributed by atoms with Crippen molar-refractivity contribution in [2.75, 3.05) is 4.72 Å². The summed E-state index contributed by atoms with van der Waals surface area (Å²) in [6.45, 7) is 3.35. The van der Waals surface area contributed by atoms with Gasteiger partial charge in [-0.2, -0.15) is 0 Å². The number of nitrogens with one attached hydrogen (secondary N) is 1. The standard InChI is InChI=1S/C12H11Cl2N3O2S/c1-7-5-9(13)3-4-10(7)20(18,19)17-12-15-8(2)6-11(14)16-12/h3-6H,1-2H3,(H,15,16,17). The van der Waals surface area contributed by atoms with E-state index in [-0.39, 0.29) is 16.0 Å². The summed E-state index contributed by atoms with van der Waals surface area (Å²) in [7, 11) is -3.79. The molecule has 1 aromatic carbocycles. The molecule has 2 rings (SSSR count). The van der Waals surface area contributed by atoms with Crippen molar-refractivity contribution in [2.45, 2.75) is 18.7 Å². The van der Waals surface area contributed by atoms with Crippen molar-refractivity contribution >= 4 is 39.2 Å². The number of halogens is 2. The molecule has 0 aliphatic rings. The monoisotopic (exact) mass is 331 g/mol. The quantitative estimate of drug-likeness (QED) is 0.876. The highest BCUT2D eigenvalue weighted by Gasteiger charge is 2.18. The highest BCUT2D eigenvalue weighted by atomic mass is 35.5. The SMILES string of the molecule is Cc1cc(Cl)nc(NS(=O)(=O)c2ccc(Cl)cc2C)n1. The predicted molar refractivity (Wildman–Crippen MR) is 78.8 cm³/mol. The van der Waals surface area contributed by atoms with E-state index in [1.54, 1.807) is 19.9 Å². The molecule has 0 bridgehead atoms. The lowest BCUT2D eigenvalue weighted by Gasteiger charge is -2.10. The first kappa shape index (κ1) is 15.0. The van der Waals surface area contributed by atoms with Gasteiger partial charge >= 0.3 is 0 Å². The van der Waals surface area contributed by atoms with E-state index >= 15 is 0 Å². The van der Waals surface area contributed by atoms with E-state index in [4.69, 9.17) is 23.2 Å². The van der Waals surface area contributed by atoms with Crippen molar-refractivity contribution in [3.63, 3.8) is 0 Å². The number of aryl methyl sites for hydroxylation is 2. The zero-order valence-corrected chi connectivity index (χ0v) is 13.0.